The number of pyridine rings is 1. The van der Waals surface area contributed by atoms with E-state index in [2.05, 4.69) is 26.2 Å². The van der Waals surface area contributed by atoms with Crippen molar-refractivity contribution < 1.29 is 9.53 Å². The van der Waals surface area contributed by atoms with Crippen LogP contribution in [0.1, 0.15) is 16.1 Å². The number of nitrogens with zero attached hydrogens (tertiary/aromatic N) is 2. The van der Waals surface area contributed by atoms with E-state index in [1.165, 1.54) is 0 Å². The number of halogens is 1. The van der Waals surface area contributed by atoms with E-state index in [1.54, 1.807) is 19.4 Å². The van der Waals surface area contributed by atoms with Crippen LogP contribution in [0.3, 0.4) is 0 Å². The van der Waals surface area contributed by atoms with Crippen LogP contribution in [0.4, 0.5) is 5.82 Å². The quantitative estimate of drug-likeness (QED) is 0.912. The van der Waals surface area contributed by atoms with E-state index >= 15 is 0 Å². The summed E-state index contributed by atoms with van der Waals surface area (Å²) in [7, 11) is 1.64. The molecule has 0 aliphatic heterocycles. The molecule has 2 aromatic heterocycles. The lowest BCUT2D eigenvalue weighted by atomic mass is 10.3. The van der Waals surface area contributed by atoms with Gasteiger partial charge in [0.25, 0.3) is 5.91 Å². The van der Waals surface area contributed by atoms with Crippen LogP contribution in [0.2, 0.25) is 0 Å². The minimum Gasteiger partial charge on any atom is -0.383 e. The van der Waals surface area contributed by atoms with Crippen LogP contribution in [0.15, 0.2) is 35.1 Å². The number of carbonyl (C=O) groups is 1. The Morgan fingerprint density at radius 1 is 1.55 bits per heavy atom. The number of carbonyl (C=O) groups excluding carboxylic acids is 1. The molecule has 0 atom stereocenters. The van der Waals surface area contributed by atoms with E-state index in [4.69, 9.17) is 4.74 Å². The summed E-state index contributed by atoms with van der Waals surface area (Å²) in [6.45, 7) is 3.10. The number of aromatic nitrogens is 2. The lowest BCUT2D eigenvalue weighted by molar-refractivity contribution is 0.101. The molecule has 2 aromatic rings. The molecule has 106 valence electrons. The second-order valence-electron chi connectivity index (χ2n) is 4.35. The summed E-state index contributed by atoms with van der Waals surface area (Å²) in [5, 5.41) is 2.82. The number of ether oxygens (including phenoxy) is 1. The SMILES string of the molecule is COCCn1cccc1C(=O)Nc1ncc(Br)cc1C. The molecule has 0 fully saturated rings. The average Bonchev–Trinajstić information content (AvgIpc) is 2.88. The number of hydrogen-bond donors (Lipinski definition) is 1. The second kappa shape index (κ2) is 6.67. The van der Waals surface area contributed by atoms with Crippen LogP contribution < -0.4 is 5.32 Å². The monoisotopic (exact) mass is 337 g/mol. The highest BCUT2D eigenvalue weighted by Crippen LogP contribution is 2.17. The number of rotatable bonds is 5. The Hall–Kier alpha value is -1.66. The van der Waals surface area contributed by atoms with Crippen LogP contribution in [0.25, 0.3) is 0 Å². The van der Waals surface area contributed by atoms with Crippen LogP contribution in [0, 0.1) is 6.92 Å². The lowest BCUT2D eigenvalue weighted by Gasteiger charge is -2.10. The van der Waals surface area contributed by atoms with Crippen molar-refractivity contribution in [2.24, 2.45) is 0 Å². The third kappa shape index (κ3) is 3.46. The van der Waals surface area contributed by atoms with Crippen molar-refractivity contribution in [1.82, 2.24) is 9.55 Å². The van der Waals surface area contributed by atoms with E-state index in [9.17, 15) is 4.79 Å². The first kappa shape index (κ1) is 14.7. The predicted octanol–water partition coefficient (Wildman–Crippen LogP) is 2.85. The highest BCUT2D eigenvalue weighted by atomic mass is 79.9. The second-order valence-corrected chi connectivity index (χ2v) is 5.27. The molecule has 0 aliphatic rings. The summed E-state index contributed by atoms with van der Waals surface area (Å²) in [5.41, 5.74) is 1.49. The number of aryl methyl sites for hydroxylation is 1. The summed E-state index contributed by atoms with van der Waals surface area (Å²) in [4.78, 5) is 16.5. The Kier molecular flexibility index (Phi) is 4.92. The van der Waals surface area contributed by atoms with Gasteiger partial charge in [0.05, 0.1) is 6.61 Å². The van der Waals surface area contributed by atoms with Crippen LogP contribution >= 0.6 is 15.9 Å². The van der Waals surface area contributed by atoms with Gasteiger partial charge < -0.3 is 14.6 Å². The molecule has 0 spiro atoms. The maximum atomic E-state index is 12.3. The number of nitrogens with one attached hydrogen (secondary N) is 1. The maximum Gasteiger partial charge on any atom is 0.273 e. The Morgan fingerprint density at radius 3 is 3.05 bits per heavy atom. The van der Waals surface area contributed by atoms with Crippen molar-refractivity contribution in [3.63, 3.8) is 0 Å². The molecule has 0 bridgehead atoms. The lowest BCUT2D eigenvalue weighted by Crippen LogP contribution is -2.19. The number of amides is 1. The first-order chi connectivity index (χ1) is 9.61. The Labute approximate surface area is 126 Å². The summed E-state index contributed by atoms with van der Waals surface area (Å²) < 4.78 is 7.77. The summed E-state index contributed by atoms with van der Waals surface area (Å²) in [5.74, 6) is 0.390. The first-order valence-electron chi connectivity index (χ1n) is 6.19. The zero-order chi connectivity index (χ0) is 14.5. The third-order valence-electron chi connectivity index (χ3n) is 2.88. The molecule has 5 nitrogen and oxygen atoms in total. The molecular weight excluding hydrogens is 322 g/mol. The molecule has 1 N–H and O–H groups in total. The van der Waals surface area contributed by atoms with Gasteiger partial charge in [0.1, 0.15) is 11.5 Å². The summed E-state index contributed by atoms with van der Waals surface area (Å²) in [6.07, 6.45) is 3.52. The number of anilines is 1. The fraction of sp³-hybridized carbons (Fsp3) is 0.286. The minimum absolute atomic E-state index is 0.177. The molecule has 0 radical (unpaired) electrons. The van der Waals surface area contributed by atoms with Gasteiger partial charge in [0.15, 0.2) is 0 Å². The molecule has 20 heavy (non-hydrogen) atoms. The van der Waals surface area contributed by atoms with Crippen molar-refractivity contribution in [3.05, 3.63) is 46.3 Å². The van der Waals surface area contributed by atoms with Crippen molar-refractivity contribution in [3.8, 4) is 0 Å². The van der Waals surface area contributed by atoms with Crippen molar-refractivity contribution in [2.75, 3.05) is 19.0 Å². The average molecular weight is 338 g/mol. The van der Waals surface area contributed by atoms with Crippen molar-refractivity contribution in [2.45, 2.75) is 13.5 Å². The zero-order valence-electron chi connectivity index (χ0n) is 11.4. The molecule has 2 rings (SSSR count). The van der Waals surface area contributed by atoms with E-state index in [-0.39, 0.29) is 5.91 Å². The summed E-state index contributed by atoms with van der Waals surface area (Å²) >= 11 is 3.35. The molecule has 0 aliphatic carbocycles. The Morgan fingerprint density at radius 2 is 2.35 bits per heavy atom. The molecular formula is C14H16BrN3O2. The summed E-state index contributed by atoms with van der Waals surface area (Å²) in [6, 6.07) is 5.53. The molecule has 0 aromatic carbocycles. The fourth-order valence-corrected chi connectivity index (χ4v) is 2.29. The van der Waals surface area contributed by atoms with Gasteiger partial charge >= 0.3 is 0 Å². The number of hydrogen-bond acceptors (Lipinski definition) is 3. The van der Waals surface area contributed by atoms with Gasteiger partial charge in [-0.1, -0.05) is 0 Å². The Balaban J connectivity index is 2.14. The predicted molar refractivity (Wildman–Crippen MR) is 80.9 cm³/mol. The third-order valence-corrected chi connectivity index (χ3v) is 3.31. The van der Waals surface area contributed by atoms with E-state index < -0.39 is 0 Å². The van der Waals surface area contributed by atoms with Crippen LogP contribution in [-0.4, -0.2) is 29.2 Å². The highest BCUT2D eigenvalue weighted by molar-refractivity contribution is 9.10. The Bertz CT molecular complexity index is 610. The van der Waals surface area contributed by atoms with Gasteiger partial charge in [-0.25, -0.2) is 4.98 Å². The van der Waals surface area contributed by atoms with Crippen LogP contribution in [0.5, 0.6) is 0 Å². The van der Waals surface area contributed by atoms with Crippen LogP contribution in [-0.2, 0) is 11.3 Å². The van der Waals surface area contributed by atoms with Gasteiger partial charge in [-0.15, -0.1) is 0 Å². The molecule has 1 amide bonds. The molecule has 6 heteroatoms. The molecule has 0 saturated heterocycles. The van der Waals surface area contributed by atoms with E-state index in [1.807, 2.05) is 29.8 Å². The smallest absolute Gasteiger partial charge is 0.273 e. The largest absolute Gasteiger partial charge is 0.383 e. The normalized spacial score (nSPS) is 10.6. The van der Waals surface area contributed by atoms with Gasteiger partial charge in [-0.2, -0.15) is 0 Å². The van der Waals surface area contributed by atoms with Crippen molar-refractivity contribution >= 4 is 27.7 Å². The maximum absolute atomic E-state index is 12.3. The first-order valence-corrected chi connectivity index (χ1v) is 6.98. The standard InChI is InChI=1S/C14H16BrN3O2/c1-10-8-11(15)9-16-13(10)17-14(19)12-4-3-5-18(12)6-7-20-2/h3-5,8-9H,6-7H2,1-2H3,(H,16,17,19). The van der Waals surface area contributed by atoms with E-state index in [0.717, 1.165) is 10.0 Å². The topological polar surface area (TPSA) is 56.1 Å². The fourth-order valence-electron chi connectivity index (χ4n) is 1.85. The minimum atomic E-state index is -0.177. The zero-order valence-corrected chi connectivity index (χ0v) is 13.0. The molecule has 2 heterocycles. The van der Waals surface area contributed by atoms with Gasteiger partial charge in [-0.05, 0) is 46.6 Å². The van der Waals surface area contributed by atoms with Gasteiger partial charge in [0, 0.05) is 30.5 Å². The molecule has 0 unspecified atom stereocenters. The van der Waals surface area contributed by atoms with Crippen molar-refractivity contribution in [1.29, 1.82) is 0 Å². The molecule has 0 saturated carbocycles. The number of methoxy groups -OCH3 is 1. The van der Waals surface area contributed by atoms with Gasteiger partial charge in [-0.3, -0.25) is 4.79 Å². The van der Waals surface area contributed by atoms with Gasteiger partial charge in [0.2, 0.25) is 0 Å². The highest BCUT2D eigenvalue weighted by Gasteiger charge is 2.12. The van der Waals surface area contributed by atoms with E-state index in [0.29, 0.717) is 24.7 Å².